The smallest absolute Gasteiger partial charge is 0.224 e. The van der Waals surface area contributed by atoms with Crippen molar-refractivity contribution in [2.24, 2.45) is 12.1 Å². The van der Waals surface area contributed by atoms with E-state index in [1.54, 1.807) is 24.4 Å². The van der Waals surface area contributed by atoms with E-state index in [2.05, 4.69) is 15.5 Å². The molecule has 3 aromatic rings. The average Bonchev–Trinajstić information content (AvgIpc) is 2.76. The number of phenols is 1. The first-order valence-electron chi connectivity index (χ1n) is 6.23. The van der Waals surface area contributed by atoms with E-state index >= 15 is 0 Å². The summed E-state index contributed by atoms with van der Waals surface area (Å²) < 4.78 is 1.94. The molecule has 0 fully saturated rings. The van der Waals surface area contributed by atoms with Crippen LogP contribution >= 0.6 is 0 Å². The molecule has 5 heteroatoms. The number of hydrazone groups is 1. The third kappa shape index (κ3) is 2.33. The number of fused-ring (bicyclic) bond motifs is 1. The van der Waals surface area contributed by atoms with Crippen LogP contribution in [0.4, 0.5) is 5.95 Å². The Bertz CT molecular complexity index is 776. The molecule has 2 aromatic carbocycles. The Morgan fingerprint density at radius 3 is 2.85 bits per heavy atom. The monoisotopic (exact) mass is 266 g/mol. The molecule has 0 aliphatic carbocycles. The summed E-state index contributed by atoms with van der Waals surface area (Å²) in [7, 11) is 1.93. The molecule has 0 saturated heterocycles. The molecular weight excluding hydrogens is 252 g/mol. The van der Waals surface area contributed by atoms with Gasteiger partial charge in [0.25, 0.3) is 0 Å². The van der Waals surface area contributed by atoms with Crippen LogP contribution in [-0.2, 0) is 7.05 Å². The average molecular weight is 266 g/mol. The van der Waals surface area contributed by atoms with Crippen LogP contribution in [0.2, 0.25) is 0 Å². The van der Waals surface area contributed by atoms with Crippen LogP contribution in [0, 0.1) is 0 Å². The summed E-state index contributed by atoms with van der Waals surface area (Å²) in [5, 5.41) is 13.5. The standard InChI is InChI=1S/C15H14N4O/c1-19-14-8-3-2-7-13(14)17-15(19)18-16-10-11-5-4-6-12(20)9-11/h2-10,20H,1H3,(H,17,18)/b16-10-. The molecule has 5 nitrogen and oxygen atoms in total. The normalized spacial score (nSPS) is 11.2. The van der Waals surface area contributed by atoms with Crippen molar-refractivity contribution in [1.29, 1.82) is 0 Å². The third-order valence-electron chi connectivity index (χ3n) is 3.04. The molecule has 20 heavy (non-hydrogen) atoms. The van der Waals surface area contributed by atoms with Gasteiger partial charge in [-0.2, -0.15) is 5.10 Å². The van der Waals surface area contributed by atoms with E-state index in [1.807, 2.05) is 41.9 Å². The molecule has 100 valence electrons. The van der Waals surface area contributed by atoms with Crippen molar-refractivity contribution in [3.8, 4) is 5.75 Å². The summed E-state index contributed by atoms with van der Waals surface area (Å²) >= 11 is 0. The molecule has 2 N–H and O–H groups in total. The van der Waals surface area contributed by atoms with Gasteiger partial charge in [0.15, 0.2) is 0 Å². The number of aromatic nitrogens is 2. The molecule has 1 aromatic heterocycles. The Morgan fingerprint density at radius 2 is 2.05 bits per heavy atom. The maximum absolute atomic E-state index is 9.37. The van der Waals surface area contributed by atoms with Gasteiger partial charge < -0.3 is 9.67 Å². The molecule has 0 bridgehead atoms. The van der Waals surface area contributed by atoms with Crippen molar-refractivity contribution < 1.29 is 5.11 Å². The highest BCUT2D eigenvalue weighted by molar-refractivity contribution is 5.81. The Hall–Kier alpha value is -2.82. The second kappa shape index (κ2) is 5.05. The lowest BCUT2D eigenvalue weighted by molar-refractivity contribution is 0.475. The lowest BCUT2D eigenvalue weighted by atomic mass is 10.2. The number of para-hydroxylation sites is 2. The lowest BCUT2D eigenvalue weighted by Crippen LogP contribution is -1.98. The Labute approximate surface area is 116 Å². The number of imidazole rings is 1. The summed E-state index contributed by atoms with van der Waals surface area (Å²) in [6.07, 6.45) is 1.64. The van der Waals surface area contributed by atoms with Gasteiger partial charge in [0.1, 0.15) is 5.75 Å². The number of phenolic OH excluding ortho intramolecular Hbond substituents is 1. The summed E-state index contributed by atoms with van der Waals surface area (Å²) in [4.78, 5) is 4.45. The zero-order valence-electron chi connectivity index (χ0n) is 11.0. The minimum atomic E-state index is 0.219. The predicted molar refractivity (Wildman–Crippen MR) is 80.0 cm³/mol. The highest BCUT2D eigenvalue weighted by Crippen LogP contribution is 2.17. The van der Waals surface area contributed by atoms with Crippen molar-refractivity contribution in [1.82, 2.24) is 9.55 Å². The van der Waals surface area contributed by atoms with Gasteiger partial charge in [-0.05, 0) is 29.8 Å². The highest BCUT2D eigenvalue weighted by Gasteiger charge is 2.04. The number of hydrogen-bond donors (Lipinski definition) is 2. The molecule has 3 rings (SSSR count). The maximum Gasteiger partial charge on any atom is 0.224 e. The van der Waals surface area contributed by atoms with E-state index in [9.17, 15) is 5.11 Å². The number of anilines is 1. The molecule has 0 saturated carbocycles. The largest absolute Gasteiger partial charge is 0.508 e. The second-order valence-corrected chi connectivity index (χ2v) is 4.45. The molecule has 1 heterocycles. The van der Waals surface area contributed by atoms with Gasteiger partial charge in [0, 0.05) is 7.05 Å². The SMILES string of the molecule is Cn1c(N/N=C\c2cccc(O)c2)nc2ccccc21. The molecule has 0 aliphatic heterocycles. The zero-order chi connectivity index (χ0) is 13.9. The Kier molecular flexibility index (Phi) is 3.09. The van der Waals surface area contributed by atoms with Crippen LogP contribution in [0.1, 0.15) is 5.56 Å². The second-order valence-electron chi connectivity index (χ2n) is 4.45. The van der Waals surface area contributed by atoms with E-state index in [0.717, 1.165) is 16.6 Å². The van der Waals surface area contributed by atoms with E-state index in [0.29, 0.717) is 5.95 Å². The van der Waals surface area contributed by atoms with Crippen LogP contribution in [0.25, 0.3) is 11.0 Å². The lowest BCUT2D eigenvalue weighted by Gasteiger charge is -2.00. The zero-order valence-corrected chi connectivity index (χ0v) is 11.0. The molecular formula is C15H14N4O. The maximum atomic E-state index is 9.37. The Balaban J connectivity index is 1.82. The van der Waals surface area contributed by atoms with Crippen molar-refractivity contribution in [2.45, 2.75) is 0 Å². The number of benzene rings is 2. The van der Waals surface area contributed by atoms with Crippen molar-refractivity contribution >= 4 is 23.2 Å². The number of aryl methyl sites for hydroxylation is 1. The first kappa shape index (κ1) is 12.2. The molecule has 0 aliphatic rings. The fourth-order valence-electron chi connectivity index (χ4n) is 2.02. The van der Waals surface area contributed by atoms with Gasteiger partial charge in [0.05, 0.1) is 17.2 Å². The number of aromatic hydroxyl groups is 1. The third-order valence-corrected chi connectivity index (χ3v) is 3.04. The van der Waals surface area contributed by atoms with E-state index < -0.39 is 0 Å². The fraction of sp³-hybridized carbons (Fsp3) is 0.0667. The minimum Gasteiger partial charge on any atom is -0.508 e. The first-order valence-corrected chi connectivity index (χ1v) is 6.23. The van der Waals surface area contributed by atoms with Crippen molar-refractivity contribution in [2.75, 3.05) is 5.43 Å². The van der Waals surface area contributed by atoms with E-state index in [4.69, 9.17) is 0 Å². The first-order chi connectivity index (χ1) is 9.74. The fourth-order valence-corrected chi connectivity index (χ4v) is 2.02. The van der Waals surface area contributed by atoms with Crippen molar-refractivity contribution in [3.05, 3.63) is 54.1 Å². The molecule has 0 amide bonds. The summed E-state index contributed by atoms with van der Waals surface area (Å²) in [6, 6.07) is 14.8. The Morgan fingerprint density at radius 1 is 1.20 bits per heavy atom. The summed E-state index contributed by atoms with van der Waals surface area (Å²) in [5.41, 5.74) is 5.69. The predicted octanol–water partition coefficient (Wildman–Crippen LogP) is 2.72. The minimum absolute atomic E-state index is 0.219. The number of hydrogen-bond acceptors (Lipinski definition) is 4. The highest BCUT2D eigenvalue weighted by atomic mass is 16.3. The van der Waals surface area contributed by atoms with Crippen LogP contribution in [0.5, 0.6) is 5.75 Å². The summed E-state index contributed by atoms with van der Waals surface area (Å²) in [6.45, 7) is 0. The summed E-state index contributed by atoms with van der Waals surface area (Å²) in [5.74, 6) is 0.888. The quantitative estimate of drug-likeness (QED) is 0.566. The number of nitrogens with one attached hydrogen (secondary N) is 1. The topological polar surface area (TPSA) is 62.4 Å². The van der Waals surface area contributed by atoms with Crippen LogP contribution in [0.15, 0.2) is 53.6 Å². The van der Waals surface area contributed by atoms with Gasteiger partial charge in [0.2, 0.25) is 5.95 Å². The van der Waals surface area contributed by atoms with Gasteiger partial charge in [-0.3, -0.25) is 0 Å². The molecule has 0 radical (unpaired) electrons. The van der Waals surface area contributed by atoms with Gasteiger partial charge in [-0.15, -0.1) is 0 Å². The van der Waals surface area contributed by atoms with E-state index in [-0.39, 0.29) is 5.75 Å². The van der Waals surface area contributed by atoms with Gasteiger partial charge in [-0.1, -0.05) is 24.3 Å². The van der Waals surface area contributed by atoms with Gasteiger partial charge >= 0.3 is 0 Å². The number of rotatable bonds is 3. The van der Waals surface area contributed by atoms with E-state index in [1.165, 1.54) is 0 Å². The molecule has 0 atom stereocenters. The van der Waals surface area contributed by atoms with Crippen LogP contribution < -0.4 is 5.43 Å². The molecule has 0 unspecified atom stereocenters. The van der Waals surface area contributed by atoms with Crippen LogP contribution in [0.3, 0.4) is 0 Å². The molecule has 0 spiro atoms. The number of nitrogens with zero attached hydrogens (tertiary/aromatic N) is 3. The van der Waals surface area contributed by atoms with Gasteiger partial charge in [-0.25, -0.2) is 10.4 Å². The van der Waals surface area contributed by atoms with Crippen molar-refractivity contribution in [3.63, 3.8) is 0 Å². The van der Waals surface area contributed by atoms with Crippen LogP contribution in [-0.4, -0.2) is 20.9 Å².